The van der Waals surface area contributed by atoms with E-state index in [1.165, 1.54) is 0 Å². The standard InChI is InChI=1S/C15H22N2O3/c1-5-14(18)13-8-7-12(9-16-13)17(11(3)4)10-15(19)20-6-2/h7-9,11H,5-6,10H2,1-4H3. The summed E-state index contributed by atoms with van der Waals surface area (Å²) >= 11 is 0. The summed E-state index contributed by atoms with van der Waals surface area (Å²) in [5.74, 6) is -0.257. The van der Waals surface area contributed by atoms with Crippen LogP contribution >= 0.6 is 0 Å². The van der Waals surface area contributed by atoms with E-state index in [0.717, 1.165) is 5.69 Å². The van der Waals surface area contributed by atoms with Crippen molar-refractivity contribution in [2.24, 2.45) is 0 Å². The summed E-state index contributed by atoms with van der Waals surface area (Å²) in [6, 6.07) is 3.64. The number of nitrogens with zero attached hydrogens (tertiary/aromatic N) is 2. The van der Waals surface area contributed by atoms with Gasteiger partial charge in [0.15, 0.2) is 5.78 Å². The van der Waals surface area contributed by atoms with Gasteiger partial charge in [0.25, 0.3) is 0 Å². The van der Waals surface area contributed by atoms with Crippen LogP contribution in [0.1, 0.15) is 44.6 Å². The van der Waals surface area contributed by atoms with Crippen LogP contribution in [0.4, 0.5) is 5.69 Å². The first-order chi connectivity index (χ1) is 9.49. The van der Waals surface area contributed by atoms with E-state index in [-0.39, 0.29) is 24.3 Å². The number of aromatic nitrogens is 1. The average Bonchev–Trinajstić information content (AvgIpc) is 2.44. The first-order valence-corrected chi connectivity index (χ1v) is 6.91. The van der Waals surface area contributed by atoms with Gasteiger partial charge >= 0.3 is 5.97 Å². The average molecular weight is 278 g/mol. The van der Waals surface area contributed by atoms with E-state index in [4.69, 9.17) is 4.74 Å². The molecule has 0 aliphatic rings. The maximum Gasteiger partial charge on any atom is 0.325 e. The Bertz CT molecular complexity index is 455. The van der Waals surface area contributed by atoms with Gasteiger partial charge < -0.3 is 9.64 Å². The number of hydrogen-bond donors (Lipinski definition) is 0. The number of rotatable bonds is 7. The number of carbonyl (C=O) groups excluding carboxylic acids is 2. The number of hydrogen-bond acceptors (Lipinski definition) is 5. The molecule has 1 aromatic heterocycles. The molecule has 0 amide bonds. The van der Waals surface area contributed by atoms with Gasteiger partial charge in [0, 0.05) is 12.5 Å². The predicted octanol–water partition coefficient (Wildman–Crippen LogP) is 2.45. The third-order valence-corrected chi connectivity index (χ3v) is 2.91. The fourth-order valence-electron chi connectivity index (χ4n) is 1.82. The Morgan fingerprint density at radius 3 is 2.45 bits per heavy atom. The molecule has 0 aliphatic carbocycles. The number of pyridine rings is 1. The highest BCUT2D eigenvalue weighted by Crippen LogP contribution is 2.16. The lowest BCUT2D eigenvalue weighted by molar-refractivity contribution is -0.141. The molecule has 0 aromatic carbocycles. The molecule has 0 saturated carbocycles. The van der Waals surface area contributed by atoms with Gasteiger partial charge in [0.2, 0.25) is 0 Å². The molecule has 0 saturated heterocycles. The molecule has 5 heteroatoms. The number of ether oxygens (including phenoxy) is 1. The summed E-state index contributed by atoms with van der Waals surface area (Å²) in [6.07, 6.45) is 2.06. The minimum absolute atomic E-state index is 0.0121. The SMILES string of the molecule is CCOC(=O)CN(c1ccc(C(=O)CC)nc1)C(C)C. The fraction of sp³-hybridized carbons (Fsp3) is 0.533. The Morgan fingerprint density at radius 2 is 2.00 bits per heavy atom. The molecule has 0 bridgehead atoms. The summed E-state index contributed by atoms with van der Waals surface area (Å²) < 4.78 is 4.97. The van der Waals surface area contributed by atoms with Gasteiger partial charge in [-0.1, -0.05) is 6.92 Å². The van der Waals surface area contributed by atoms with Crippen LogP contribution in [0.15, 0.2) is 18.3 Å². The molecule has 110 valence electrons. The molecule has 0 atom stereocenters. The number of ketones is 1. The molecule has 0 fully saturated rings. The largest absolute Gasteiger partial charge is 0.465 e. The van der Waals surface area contributed by atoms with E-state index in [0.29, 0.717) is 18.7 Å². The Morgan fingerprint density at radius 1 is 1.30 bits per heavy atom. The minimum atomic E-state index is -0.269. The third-order valence-electron chi connectivity index (χ3n) is 2.91. The molecule has 0 N–H and O–H groups in total. The first kappa shape index (κ1) is 16.1. The highest BCUT2D eigenvalue weighted by molar-refractivity contribution is 5.94. The van der Waals surface area contributed by atoms with E-state index in [1.54, 1.807) is 26.1 Å². The molecule has 1 rings (SSSR count). The Hall–Kier alpha value is -1.91. The monoisotopic (exact) mass is 278 g/mol. The van der Waals surface area contributed by atoms with Crippen LogP contribution in [-0.2, 0) is 9.53 Å². The summed E-state index contributed by atoms with van der Waals surface area (Å²) in [5.41, 5.74) is 1.26. The van der Waals surface area contributed by atoms with Crippen LogP contribution in [0.3, 0.4) is 0 Å². The first-order valence-electron chi connectivity index (χ1n) is 6.91. The zero-order valence-electron chi connectivity index (χ0n) is 12.5. The number of esters is 1. The lowest BCUT2D eigenvalue weighted by atomic mass is 10.2. The zero-order chi connectivity index (χ0) is 15.1. The topological polar surface area (TPSA) is 59.5 Å². The van der Waals surface area contributed by atoms with E-state index < -0.39 is 0 Å². The van der Waals surface area contributed by atoms with Crippen LogP contribution in [0.2, 0.25) is 0 Å². The minimum Gasteiger partial charge on any atom is -0.465 e. The van der Waals surface area contributed by atoms with Crippen LogP contribution in [0.5, 0.6) is 0 Å². The third kappa shape index (κ3) is 4.33. The van der Waals surface area contributed by atoms with Gasteiger partial charge in [-0.2, -0.15) is 0 Å². The van der Waals surface area contributed by atoms with Crippen molar-refractivity contribution in [1.82, 2.24) is 4.98 Å². The van der Waals surface area contributed by atoms with Crippen molar-refractivity contribution in [3.8, 4) is 0 Å². The van der Waals surface area contributed by atoms with Crippen molar-refractivity contribution in [3.05, 3.63) is 24.0 Å². The Balaban J connectivity index is 2.87. The smallest absolute Gasteiger partial charge is 0.325 e. The second-order valence-corrected chi connectivity index (χ2v) is 4.71. The highest BCUT2D eigenvalue weighted by atomic mass is 16.5. The summed E-state index contributed by atoms with van der Waals surface area (Å²) in [5, 5.41) is 0. The van der Waals surface area contributed by atoms with Crippen LogP contribution in [0.25, 0.3) is 0 Å². The van der Waals surface area contributed by atoms with Crippen molar-refractivity contribution in [3.63, 3.8) is 0 Å². The number of carbonyl (C=O) groups is 2. The molecular weight excluding hydrogens is 256 g/mol. The highest BCUT2D eigenvalue weighted by Gasteiger charge is 2.16. The van der Waals surface area contributed by atoms with Gasteiger partial charge in [-0.15, -0.1) is 0 Å². The molecule has 0 unspecified atom stereocenters. The predicted molar refractivity (Wildman–Crippen MR) is 78.0 cm³/mol. The zero-order valence-corrected chi connectivity index (χ0v) is 12.5. The molecule has 20 heavy (non-hydrogen) atoms. The lowest BCUT2D eigenvalue weighted by Crippen LogP contribution is -2.36. The van der Waals surface area contributed by atoms with Crippen LogP contribution in [0, 0.1) is 0 Å². The lowest BCUT2D eigenvalue weighted by Gasteiger charge is -2.27. The number of Topliss-reactive ketones (excluding diaryl/α,β-unsaturated/α-hetero) is 1. The second-order valence-electron chi connectivity index (χ2n) is 4.71. The quantitative estimate of drug-likeness (QED) is 0.566. The summed E-state index contributed by atoms with van der Waals surface area (Å²) in [4.78, 5) is 29.2. The van der Waals surface area contributed by atoms with Crippen molar-refractivity contribution in [1.29, 1.82) is 0 Å². The van der Waals surface area contributed by atoms with Crippen molar-refractivity contribution < 1.29 is 14.3 Å². The normalized spacial score (nSPS) is 10.4. The molecule has 1 aromatic rings. The maximum absolute atomic E-state index is 11.6. The molecule has 0 aliphatic heterocycles. The van der Waals surface area contributed by atoms with E-state index in [2.05, 4.69) is 4.98 Å². The summed E-state index contributed by atoms with van der Waals surface area (Å²) in [6.45, 7) is 8.11. The van der Waals surface area contributed by atoms with Gasteiger partial charge in [-0.25, -0.2) is 0 Å². The van der Waals surface area contributed by atoms with Gasteiger partial charge in [-0.05, 0) is 32.9 Å². The van der Waals surface area contributed by atoms with Crippen LogP contribution < -0.4 is 4.90 Å². The maximum atomic E-state index is 11.6. The molecule has 0 spiro atoms. The van der Waals surface area contributed by atoms with Crippen LogP contribution in [-0.4, -0.2) is 35.9 Å². The van der Waals surface area contributed by atoms with Crippen molar-refractivity contribution in [2.45, 2.75) is 40.2 Å². The van der Waals surface area contributed by atoms with E-state index in [1.807, 2.05) is 24.8 Å². The Labute approximate surface area is 119 Å². The van der Waals surface area contributed by atoms with E-state index >= 15 is 0 Å². The molecule has 0 radical (unpaired) electrons. The second kappa shape index (κ2) is 7.62. The molecular formula is C15H22N2O3. The van der Waals surface area contributed by atoms with Crippen molar-refractivity contribution in [2.75, 3.05) is 18.1 Å². The number of anilines is 1. The van der Waals surface area contributed by atoms with Gasteiger partial charge in [0.1, 0.15) is 12.2 Å². The fourth-order valence-corrected chi connectivity index (χ4v) is 1.82. The van der Waals surface area contributed by atoms with Gasteiger partial charge in [0.05, 0.1) is 18.5 Å². The van der Waals surface area contributed by atoms with Gasteiger partial charge in [-0.3, -0.25) is 14.6 Å². The van der Waals surface area contributed by atoms with Crippen molar-refractivity contribution >= 4 is 17.4 Å². The molecule has 1 heterocycles. The summed E-state index contributed by atoms with van der Waals surface area (Å²) in [7, 11) is 0. The molecule has 5 nitrogen and oxygen atoms in total. The van der Waals surface area contributed by atoms with E-state index in [9.17, 15) is 9.59 Å². The Kier molecular flexibility index (Phi) is 6.15.